The summed E-state index contributed by atoms with van der Waals surface area (Å²) in [4.78, 5) is 16.1. The first-order valence-electron chi connectivity index (χ1n) is 7.78. The van der Waals surface area contributed by atoms with E-state index in [2.05, 4.69) is 19.6 Å². The van der Waals surface area contributed by atoms with Crippen molar-refractivity contribution in [2.75, 3.05) is 31.1 Å². The summed E-state index contributed by atoms with van der Waals surface area (Å²) in [6.45, 7) is 3.18. The van der Waals surface area contributed by atoms with Crippen molar-refractivity contribution in [1.82, 2.24) is 13.6 Å². The Kier molecular flexibility index (Phi) is 4.78. The second kappa shape index (κ2) is 6.97. The van der Waals surface area contributed by atoms with E-state index in [1.807, 2.05) is 0 Å². The van der Waals surface area contributed by atoms with E-state index < -0.39 is 0 Å². The van der Waals surface area contributed by atoms with E-state index in [0.717, 1.165) is 50.5 Å². The summed E-state index contributed by atoms with van der Waals surface area (Å²) in [5.74, 6) is 4.08. The maximum Gasteiger partial charge on any atom is 0.416 e. The molecule has 7 heteroatoms. The van der Waals surface area contributed by atoms with Crippen molar-refractivity contribution in [2.24, 2.45) is 5.92 Å². The highest BCUT2D eigenvalue weighted by Gasteiger charge is 2.26. The van der Waals surface area contributed by atoms with E-state index in [0.29, 0.717) is 24.8 Å². The normalized spacial score (nSPS) is 19.8. The van der Waals surface area contributed by atoms with Gasteiger partial charge < -0.3 is 14.5 Å². The van der Waals surface area contributed by atoms with Crippen molar-refractivity contribution in [3.63, 3.8) is 0 Å². The van der Waals surface area contributed by atoms with Crippen molar-refractivity contribution < 1.29 is 9.53 Å². The predicted molar refractivity (Wildman–Crippen MR) is 85.1 cm³/mol. The highest BCUT2D eigenvalue weighted by atomic mass is 32.1. The van der Waals surface area contributed by atoms with Crippen molar-refractivity contribution in [3.05, 3.63) is 0 Å². The number of amides is 1. The molecule has 2 aliphatic rings. The van der Waals surface area contributed by atoms with E-state index in [1.165, 1.54) is 6.42 Å². The van der Waals surface area contributed by atoms with Crippen LogP contribution >= 0.6 is 11.7 Å². The highest BCUT2D eigenvalue weighted by molar-refractivity contribution is 6.99. The van der Waals surface area contributed by atoms with Gasteiger partial charge in [0, 0.05) is 32.1 Å². The van der Waals surface area contributed by atoms with Crippen molar-refractivity contribution in [3.8, 4) is 18.2 Å². The van der Waals surface area contributed by atoms with Gasteiger partial charge in [-0.2, -0.15) is 4.37 Å². The number of carbonyl (C=O) groups is 1. The number of ether oxygens (including phenoxy) is 1. The SMILES string of the molecule is C#CC1CCN(C(=O)Oc2nsnc2N2CCCCC2)CC1. The topological polar surface area (TPSA) is 58.6 Å². The Hall–Kier alpha value is -1.81. The van der Waals surface area contributed by atoms with E-state index in [-0.39, 0.29) is 12.0 Å². The average molecular weight is 320 g/mol. The number of aromatic nitrogens is 2. The van der Waals surface area contributed by atoms with E-state index >= 15 is 0 Å². The molecule has 3 rings (SSSR count). The number of terminal acetylenes is 1. The fourth-order valence-corrected chi connectivity index (χ4v) is 3.42. The zero-order chi connectivity index (χ0) is 15.4. The Morgan fingerprint density at radius 3 is 2.59 bits per heavy atom. The maximum atomic E-state index is 12.3. The average Bonchev–Trinajstić information content (AvgIpc) is 3.04. The lowest BCUT2D eigenvalue weighted by Crippen LogP contribution is -2.40. The van der Waals surface area contributed by atoms with Crippen molar-refractivity contribution in [1.29, 1.82) is 0 Å². The minimum atomic E-state index is -0.346. The van der Waals surface area contributed by atoms with Crippen LogP contribution < -0.4 is 9.64 Å². The van der Waals surface area contributed by atoms with Crippen molar-refractivity contribution in [2.45, 2.75) is 32.1 Å². The van der Waals surface area contributed by atoms with Gasteiger partial charge in [0.25, 0.3) is 5.88 Å². The van der Waals surface area contributed by atoms with Crippen LogP contribution in [0.5, 0.6) is 5.88 Å². The van der Waals surface area contributed by atoms with Gasteiger partial charge in [0.15, 0.2) is 0 Å². The Morgan fingerprint density at radius 1 is 1.18 bits per heavy atom. The first kappa shape index (κ1) is 15.1. The Morgan fingerprint density at radius 2 is 1.91 bits per heavy atom. The number of likely N-dealkylation sites (tertiary alicyclic amines) is 1. The van der Waals surface area contributed by atoms with E-state index in [1.54, 1.807) is 4.90 Å². The summed E-state index contributed by atoms with van der Waals surface area (Å²) >= 11 is 1.09. The molecule has 0 spiro atoms. The number of hydrogen-bond donors (Lipinski definition) is 0. The fourth-order valence-electron chi connectivity index (χ4n) is 2.91. The Balaban J connectivity index is 1.60. The molecule has 2 fully saturated rings. The first-order chi connectivity index (χ1) is 10.8. The lowest BCUT2D eigenvalue weighted by Gasteiger charge is -2.29. The summed E-state index contributed by atoms with van der Waals surface area (Å²) in [5.41, 5.74) is 0. The quantitative estimate of drug-likeness (QED) is 0.783. The molecule has 118 valence electrons. The lowest BCUT2D eigenvalue weighted by atomic mass is 9.98. The molecular weight excluding hydrogens is 300 g/mol. The van der Waals surface area contributed by atoms with Gasteiger partial charge >= 0.3 is 6.09 Å². The van der Waals surface area contributed by atoms with Crippen LogP contribution in [0.15, 0.2) is 0 Å². The van der Waals surface area contributed by atoms with Crippen LogP contribution in [0.25, 0.3) is 0 Å². The summed E-state index contributed by atoms with van der Waals surface area (Å²) in [6.07, 6.45) is 10.3. The van der Waals surface area contributed by atoms with Crippen molar-refractivity contribution >= 4 is 23.6 Å². The standard InChI is InChI=1S/C15H20N4O2S/c1-2-12-6-10-19(11-7-12)15(20)21-14-13(16-22-17-14)18-8-4-3-5-9-18/h1,12H,3-11H2. The van der Waals surface area contributed by atoms with Gasteiger partial charge in [-0.25, -0.2) is 4.79 Å². The van der Waals surface area contributed by atoms with E-state index in [4.69, 9.17) is 11.2 Å². The summed E-state index contributed by atoms with van der Waals surface area (Å²) in [5, 5.41) is 0. The fraction of sp³-hybridized carbons (Fsp3) is 0.667. The number of piperidine rings is 2. The molecule has 0 aliphatic carbocycles. The lowest BCUT2D eigenvalue weighted by molar-refractivity contribution is 0.136. The van der Waals surface area contributed by atoms with Gasteiger partial charge in [0.1, 0.15) is 0 Å². The van der Waals surface area contributed by atoms with Crippen LogP contribution in [-0.4, -0.2) is 45.9 Å². The predicted octanol–water partition coefficient (Wildman–Crippen LogP) is 2.37. The summed E-state index contributed by atoms with van der Waals surface area (Å²) in [7, 11) is 0. The van der Waals surface area contributed by atoms with Crippen LogP contribution in [-0.2, 0) is 0 Å². The number of anilines is 1. The molecular formula is C15H20N4O2S. The van der Waals surface area contributed by atoms with Gasteiger partial charge in [0.2, 0.25) is 5.82 Å². The second-order valence-electron chi connectivity index (χ2n) is 5.74. The van der Waals surface area contributed by atoms with Gasteiger partial charge in [-0.3, -0.25) is 0 Å². The highest BCUT2D eigenvalue weighted by Crippen LogP contribution is 2.29. The van der Waals surface area contributed by atoms with Crippen LogP contribution in [0.2, 0.25) is 0 Å². The van der Waals surface area contributed by atoms with Gasteiger partial charge in [-0.05, 0) is 32.1 Å². The smallest absolute Gasteiger partial charge is 0.386 e. The molecule has 1 amide bonds. The minimum Gasteiger partial charge on any atom is -0.386 e. The molecule has 1 aromatic heterocycles. The number of nitrogens with zero attached hydrogens (tertiary/aromatic N) is 4. The summed E-state index contributed by atoms with van der Waals surface area (Å²) < 4.78 is 13.9. The second-order valence-corrected chi connectivity index (χ2v) is 6.27. The van der Waals surface area contributed by atoms with Crippen LogP contribution in [0.3, 0.4) is 0 Å². The molecule has 3 heterocycles. The first-order valence-corrected chi connectivity index (χ1v) is 8.51. The molecule has 22 heavy (non-hydrogen) atoms. The molecule has 0 unspecified atom stereocenters. The third kappa shape index (κ3) is 3.33. The Labute approximate surface area is 134 Å². The molecule has 6 nitrogen and oxygen atoms in total. The summed E-state index contributed by atoms with van der Waals surface area (Å²) in [6, 6.07) is 0. The number of carbonyl (C=O) groups excluding carboxylic acids is 1. The van der Waals surface area contributed by atoms with Crippen LogP contribution in [0.4, 0.5) is 10.6 Å². The van der Waals surface area contributed by atoms with E-state index in [9.17, 15) is 4.79 Å². The zero-order valence-electron chi connectivity index (χ0n) is 12.5. The molecule has 2 saturated heterocycles. The molecule has 0 aromatic carbocycles. The van der Waals surface area contributed by atoms with Gasteiger partial charge in [-0.1, -0.05) is 0 Å². The van der Waals surface area contributed by atoms with Crippen LogP contribution in [0, 0.1) is 18.3 Å². The molecule has 0 saturated carbocycles. The van der Waals surface area contributed by atoms with Gasteiger partial charge in [-0.15, -0.1) is 16.7 Å². The maximum absolute atomic E-state index is 12.3. The zero-order valence-corrected chi connectivity index (χ0v) is 13.3. The third-order valence-corrected chi connectivity index (χ3v) is 4.77. The largest absolute Gasteiger partial charge is 0.416 e. The molecule has 0 radical (unpaired) electrons. The minimum absolute atomic E-state index is 0.272. The molecule has 0 N–H and O–H groups in total. The van der Waals surface area contributed by atoms with Crippen LogP contribution in [0.1, 0.15) is 32.1 Å². The number of rotatable bonds is 2. The molecule has 2 aliphatic heterocycles. The molecule has 1 aromatic rings. The monoisotopic (exact) mass is 320 g/mol. The third-order valence-electron chi connectivity index (χ3n) is 4.27. The number of hydrogen-bond acceptors (Lipinski definition) is 6. The van der Waals surface area contributed by atoms with Gasteiger partial charge in [0.05, 0.1) is 11.7 Å². The Bertz CT molecular complexity index is 554. The molecule has 0 atom stereocenters. The molecule has 0 bridgehead atoms.